The Labute approximate surface area is 244 Å². The summed E-state index contributed by atoms with van der Waals surface area (Å²) < 4.78 is 22.8. The Bertz CT molecular complexity index is 1350. The van der Waals surface area contributed by atoms with Crippen molar-refractivity contribution < 1.29 is 43.5 Å². The summed E-state index contributed by atoms with van der Waals surface area (Å²) in [4.78, 5) is 40.8. The van der Waals surface area contributed by atoms with Gasteiger partial charge in [-0.2, -0.15) is 0 Å². The first-order valence-corrected chi connectivity index (χ1v) is 14.0. The molecule has 1 saturated heterocycles. The highest BCUT2D eigenvalue weighted by Gasteiger charge is 2.52. The first-order chi connectivity index (χ1) is 20.4. The van der Waals surface area contributed by atoms with Crippen molar-refractivity contribution in [2.75, 3.05) is 47.1 Å². The van der Waals surface area contributed by atoms with Crippen LogP contribution in [0.2, 0.25) is 0 Å². The van der Waals surface area contributed by atoms with E-state index in [4.69, 9.17) is 18.9 Å². The number of fused-ring (bicyclic) bond motifs is 3. The molecule has 0 bridgehead atoms. The van der Waals surface area contributed by atoms with Crippen molar-refractivity contribution in [1.29, 1.82) is 0 Å². The molecule has 0 saturated carbocycles. The second-order valence-corrected chi connectivity index (χ2v) is 10.6. The van der Waals surface area contributed by atoms with Gasteiger partial charge in [0, 0.05) is 36.4 Å². The van der Waals surface area contributed by atoms with Crippen LogP contribution in [-0.2, 0) is 20.7 Å². The van der Waals surface area contributed by atoms with E-state index in [1.54, 1.807) is 24.2 Å². The van der Waals surface area contributed by atoms with Gasteiger partial charge in [-0.3, -0.25) is 14.4 Å². The number of hydrogen-bond donors (Lipinski definition) is 3. The van der Waals surface area contributed by atoms with Crippen LogP contribution in [0.15, 0.2) is 48.0 Å². The van der Waals surface area contributed by atoms with Crippen LogP contribution in [0.1, 0.15) is 33.8 Å². The van der Waals surface area contributed by atoms with E-state index in [0.717, 1.165) is 5.56 Å². The number of carbonyl (C=O) groups is 3. The number of aliphatic hydroxyl groups is 2. The lowest BCUT2D eigenvalue weighted by molar-refractivity contribution is -0.141. The predicted molar refractivity (Wildman–Crippen MR) is 151 cm³/mol. The average molecular weight is 581 g/mol. The highest BCUT2D eigenvalue weighted by atomic mass is 16.5. The predicted octanol–water partition coefficient (Wildman–Crippen LogP) is 1.25. The lowest BCUT2D eigenvalue weighted by Crippen LogP contribution is -2.57. The minimum absolute atomic E-state index is 0.0159. The molecule has 5 rings (SSSR count). The minimum atomic E-state index is -1.22. The topological polar surface area (TPSA) is 144 Å². The molecule has 2 aliphatic heterocycles. The summed E-state index contributed by atoms with van der Waals surface area (Å²) in [5.74, 6) is -0.462. The number of nitrogens with one attached hydrogen (secondary N) is 1. The summed E-state index contributed by atoms with van der Waals surface area (Å²) in [7, 11) is 3.03. The summed E-state index contributed by atoms with van der Waals surface area (Å²) in [6.45, 7) is 0.738. The number of amides is 2. The van der Waals surface area contributed by atoms with Gasteiger partial charge in [0.15, 0.2) is 11.5 Å². The Morgan fingerprint density at radius 3 is 2.64 bits per heavy atom. The highest BCUT2D eigenvalue weighted by Crippen LogP contribution is 2.51. The van der Waals surface area contributed by atoms with E-state index in [1.165, 1.54) is 13.2 Å². The van der Waals surface area contributed by atoms with Gasteiger partial charge in [-0.15, -0.1) is 0 Å². The largest absolute Gasteiger partial charge is 0.496 e. The zero-order valence-electron chi connectivity index (χ0n) is 23.7. The van der Waals surface area contributed by atoms with E-state index in [9.17, 15) is 24.6 Å². The highest BCUT2D eigenvalue weighted by molar-refractivity contribution is 5.96. The molecule has 1 aliphatic carbocycles. The molecule has 3 aliphatic rings. The Hall–Kier alpha value is -3.93. The van der Waals surface area contributed by atoms with E-state index >= 15 is 0 Å². The Kier molecular flexibility index (Phi) is 9.10. The molecule has 42 heavy (non-hydrogen) atoms. The van der Waals surface area contributed by atoms with E-state index in [1.807, 2.05) is 24.3 Å². The summed E-state index contributed by atoms with van der Waals surface area (Å²) in [6, 6.07) is 9.77. The first-order valence-electron chi connectivity index (χ1n) is 14.0. The van der Waals surface area contributed by atoms with Gasteiger partial charge in [0.1, 0.15) is 24.2 Å². The number of nitrogens with zero attached hydrogens (tertiary/aromatic N) is 1. The van der Waals surface area contributed by atoms with Crippen LogP contribution in [0, 0.1) is 5.92 Å². The second kappa shape index (κ2) is 12.9. The van der Waals surface area contributed by atoms with E-state index < -0.39 is 30.1 Å². The molecule has 1 unspecified atom stereocenters. The van der Waals surface area contributed by atoms with Crippen molar-refractivity contribution in [1.82, 2.24) is 10.2 Å². The van der Waals surface area contributed by atoms with Crippen LogP contribution in [0.25, 0.3) is 0 Å². The Morgan fingerprint density at radius 1 is 1.17 bits per heavy atom. The van der Waals surface area contributed by atoms with E-state index in [2.05, 4.69) is 5.32 Å². The van der Waals surface area contributed by atoms with Crippen LogP contribution >= 0.6 is 0 Å². The van der Waals surface area contributed by atoms with Gasteiger partial charge >= 0.3 is 0 Å². The van der Waals surface area contributed by atoms with Crippen molar-refractivity contribution in [3.8, 4) is 17.2 Å². The number of methoxy groups -OCH3 is 2. The lowest BCUT2D eigenvalue weighted by Gasteiger charge is -2.41. The summed E-state index contributed by atoms with van der Waals surface area (Å²) in [6.07, 6.45) is 1.13. The van der Waals surface area contributed by atoms with Gasteiger partial charge in [-0.25, -0.2) is 0 Å². The standard InChI is InChI=1S/C31H36N2O9/c1-39-24-6-4-3-5-19(24)7-10-33(31(38)20-8-12-41-17-20)23-15-22(30(37)32-9-11-34)26-21-13-18(16-35)14-25(40-2)28(21)42-29(26)27(23)36/h3-6,13-16,20,23,26-27,29,34,36H,7-12,17H2,1-2H3,(H,32,37)/t20?,23-,26+,27+,29+/m1/s1. The molecule has 224 valence electrons. The van der Waals surface area contributed by atoms with Gasteiger partial charge < -0.3 is 39.4 Å². The van der Waals surface area contributed by atoms with Gasteiger partial charge in [0.05, 0.1) is 45.3 Å². The van der Waals surface area contributed by atoms with Gasteiger partial charge in [-0.1, -0.05) is 18.2 Å². The fraction of sp³-hybridized carbons (Fsp3) is 0.452. The fourth-order valence-electron chi connectivity index (χ4n) is 6.08. The number of rotatable bonds is 11. The van der Waals surface area contributed by atoms with Crippen LogP contribution < -0.4 is 19.5 Å². The van der Waals surface area contributed by atoms with Crippen LogP contribution in [-0.4, -0.2) is 98.6 Å². The zero-order valence-corrected chi connectivity index (χ0v) is 23.7. The number of para-hydroxylation sites is 1. The number of benzene rings is 2. The lowest BCUT2D eigenvalue weighted by atomic mass is 9.77. The molecular formula is C31H36N2O9. The number of aldehydes is 1. The Morgan fingerprint density at radius 2 is 1.95 bits per heavy atom. The summed E-state index contributed by atoms with van der Waals surface area (Å²) >= 11 is 0. The third kappa shape index (κ3) is 5.59. The maximum absolute atomic E-state index is 13.9. The first kappa shape index (κ1) is 29.6. The molecule has 0 radical (unpaired) electrons. The van der Waals surface area contributed by atoms with Crippen molar-refractivity contribution in [2.45, 2.75) is 37.0 Å². The van der Waals surface area contributed by atoms with Crippen molar-refractivity contribution >= 4 is 18.1 Å². The van der Waals surface area contributed by atoms with Crippen molar-refractivity contribution in [3.05, 3.63) is 64.7 Å². The third-order valence-corrected chi connectivity index (χ3v) is 8.15. The molecule has 0 aromatic heterocycles. The van der Waals surface area contributed by atoms with Crippen LogP contribution in [0.5, 0.6) is 17.2 Å². The number of hydrogen-bond acceptors (Lipinski definition) is 9. The molecule has 0 spiro atoms. The molecule has 11 nitrogen and oxygen atoms in total. The van der Waals surface area contributed by atoms with E-state index in [-0.39, 0.29) is 43.7 Å². The number of carbonyl (C=O) groups excluding carboxylic acids is 3. The zero-order chi connectivity index (χ0) is 29.8. The molecule has 1 fully saturated rings. The van der Waals surface area contributed by atoms with Crippen LogP contribution in [0.4, 0.5) is 0 Å². The number of aliphatic hydroxyl groups excluding tert-OH is 2. The van der Waals surface area contributed by atoms with Crippen LogP contribution in [0.3, 0.4) is 0 Å². The summed E-state index contributed by atoms with van der Waals surface area (Å²) in [5.41, 5.74) is 2.02. The SMILES string of the molecule is COc1ccccc1CCN(C(=O)C1CCOC1)[C@@H]1C=C(C(=O)NCCO)[C@@H]2c3cc(C=O)cc(OC)c3O[C@@H]2[C@H]1O. The Balaban J connectivity index is 1.56. The molecule has 2 aromatic carbocycles. The minimum Gasteiger partial charge on any atom is -0.496 e. The quantitative estimate of drug-likeness (QED) is 0.335. The molecule has 2 aromatic rings. The van der Waals surface area contributed by atoms with Gasteiger partial charge in [0.25, 0.3) is 0 Å². The monoisotopic (exact) mass is 580 g/mol. The van der Waals surface area contributed by atoms with E-state index in [0.29, 0.717) is 54.1 Å². The second-order valence-electron chi connectivity index (χ2n) is 10.6. The van der Waals surface area contributed by atoms with Gasteiger partial charge in [0.2, 0.25) is 11.8 Å². The molecule has 2 amide bonds. The number of ether oxygens (including phenoxy) is 4. The average Bonchev–Trinajstić information content (AvgIpc) is 3.69. The molecular weight excluding hydrogens is 544 g/mol. The molecule has 3 N–H and O–H groups in total. The maximum atomic E-state index is 13.9. The summed E-state index contributed by atoms with van der Waals surface area (Å²) in [5, 5.41) is 23.9. The molecule has 2 heterocycles. The smallest absolute Gasteiger partial charge is 0.247 e. The molecule has 11 heteroatoms. The van der Waals surface area contributed by atoms with Gasteiger partial charge in [-0.05, 0) is 42.7 Å². The van der Waals surface area contributed by atoms with Crippen molar-refractivity contribution in [2.24, 2.45) is 5.92 Å². The molecule has 5 atom stereocenters. The third-order valence-electron chi connectivity index (χ3n) is 8.15. The fourth-order valence-corrected chi connectivity index (χ4v) is 6.08. The normalized spacial score (nSPS) is 24.1. The van der Waals surface area contributed by atoms with Crippen molar-refractivity contribution in [3.63, 3.8) is 0 Å². The maximum Gasteiger partial charge on any atom is 0.247 e.